The van der Waals surface area contributed by atoms with Crippen LogP contribution in [0.15, 0.2) is 30.0 Å². The zero-order valence-electron chi connectivity index (χ0n) is 12.8. The van der Waals surface area contributed by atoms with Crippen molar-refractivity contribution in [2.45, 2.75) is 31.5 Å². The second-order valence-corrected chi connectivity index (χ2v) is 7.42. The third kappa shape index (κ3) is 2.71. The minimum absolute atomic E-state index is 0.279. The molecule has 22 heavy (non-hydrogen) atoms. The minimum Gasteiger partial charge on any atom is -0.379 e. The van der Waals surface area contributed by atoms with Crippen LogP contribution in [0.1, 0.15) is 23.9 Å². The molecule has 118 valence electrons. The van der Waals surface area contributed by atoms with Gasteiger partial charge in [-0.05, 0) is 30.7 Å². The number of hydrogen-bond acceptors (Lipinski definition) is 5. The Bertz CT molecular complexity index is 585. The molecule has 0 radical (unpaired) electrons. The van der Waals surface area contributed by atoms with E-state index in [0.29, 0.717) is 6.04 Å². The second kappa shape index (κ2) is 6.10. The lowest BCUT2D eigenvalue weighted by molar-refractivity contribution is -0.00486. The van der Waals surface area contributed by atoms with Crippen LogP contribution in [0.4, 0.5) is 0 Å². The number of rotatable bonds is 4. The number of aromatic nitrogens is 3. The standard InChI is InChI=1S/C16H22N4OS/c1-21-15-8-13-10-19(11-16-17-4-6-22-16)9-12(13)7-14(15)20-5-2-3-18-20/h2-6,12-15H,7-11H2,1H3/t12-,13+,14-,15-/m0/s1. The van der Waals surface area contributed by atoms with Crippen molar-refractivity contribution in [3.63, 3.8) is 0 Å². The maximum atomic E-state index is 5.79. The molecule has 0 unspecified atom stereocenters. The molecule has 5 nitrogen and oxygen atoms in total. The van der Waals surface area contributed by atoms with Gasteiger partial charge in [-0.15, -0.1) is 11.3 Å². The second-order valence-electron chi connectivity index (χ2n) is 6.44. The summed E-state index contributed by atoms with van der Waals surface area (Å²) < 4.78 is 7.88. The van der Waals surface area contributed by atoms with Gasteiger partial charge in [0.15, 0.2) is 0 Å². The molecule has 1 saturated carbocycles. The fraction of sp³-hybridized carbons (Fsp3) is 0.625. The van der Waals surface area contributed by atoms with Gasteiger partial charge in [-0.2, -0.15) is 5.10 Å². The van der Waals surface area contributed by atoms with Crippen LogP contribution in [0.2, 0.25) is 0 Å². The van der Waals surface area contributed by atoms with E-state index in [1.807, 2.05) is 25.6 Å². The van der Waals surface area contributed by atoms with Crippen LogP contribution in [-0.4, -0.2) is 46.0 Å². The molecule has 0 aromatic carbocycles. The van der Waals surface area contributed by atoms with Gasteiger partial charge >= 0.3 is 0 Å². The molecule has 2 aromatic heterocycles. The van der Waals surface area contributed by atoms with Crippen molar-refractivity contribution in [2.75, 3.05) is 20.2 Å². The monoisotopic (exact) mass is 318 g/mol. The Morgan fingerprint density at radius 2 is 2.14 bits per heavy atom. The quantitative estimate of drug-likeness (QED) is 0.868. The molecule has 1 aliphatic heterocycles. The summed E-state index contributed by atoms with van der Waals surface area (Å²) in [5, 5.41) is 7.74. The molecular formula is C16H22N4OS. The number of fused-ring (bicyclic) bond motifs is 1. The third-order valence-corrected chi connectivity index (χ3v) is 5.93. The van der Waals surface area contributed by atoms with Gasteiger partial charge in [-0.1, -0.05) is 0 Å². The Morgan fingerprint density at radius 1 is 1.27 bits per heavy atom. The summed E-state index contributed by atoms with van der Waals surface area (Å²) in [5.41, 5.74) is 0. The van der Waals surface area contributed by atoms with Crippen molar-refractivity contribution in [2.24, 2.45) is 11.8 Å². The normalized spacial score (nSPS) is 32.2. The molecule has 4 rings (SSSR count). The van der Waals surface area contributed by atoms with Gasteiger partial charge < -0.3 is 4.74 Å². The Labute approximate surface area is 134 Å². The van der Waals surface area contributed by atoms with E-state index in [0.717, 1.165) is 24.8 Å². The molecule has 1 aliphatic carbocycles. The van der Waals surface area contributed by atoms with E-state index in [-0.39, 0.29) is 6.10 Å². The topological polar surface area (TPSA) is 43.2 Å². The molecule has 0 N–H and O–H groups in total. The van der Waals surface area contributed by atoms with E-state index < -0.39 is 0 Å². The summed E-state index contributed by atoms with van der Waals surface area (Å²) >= 11 is 1.76. The summed E-state index contributed by atoms with van der Waals surface area (Å²) in [6.45, 7) is 3.35. The average molecular weight is 318 g/mol. The summed E-state index contributed by atoms with van der Waals surface area (Å²) in [4.78, 5) is 6.98. The highest BCUT2D eigenvalue weighted by atomic mass is 32.1. The van der Waals surface area contributed by atoms with E-state index in [9.17, 15) is 0 Å². The molecule has 3 heterocycles. The van der Waals surface area contributed by atoms with Crippen molar-refractivity contribution >= 4 is 11.3 Å². The fourth-order valence-corrected chi connectivity index (χ4v) is 4.80. The Morgan fingerprint density at radius 3 is 2.82 bits per heavy atom. The molecule has 4 atom stereocenters. The molecule has 2 fully saturated rings. The molecule has 1 saturated heterocycles. The van der Waals surface area contributed by atoms with Gasteiger partial charge in [-0.3, -0.25) is 9.58 Å². The van der Waals surface area contributed by atoms with Gasteiger partial charge in [-0.25, -0.2) is 4.98 Å². The number of nitrogens with zero attached hydrogens (tertiary/aromatic N) is 4. The lowest BCUT2D eigenvalue weighted by Crippen LogP contribution is -2.37. The summed E-state index contributed by atoms with van der Waals surface area (Å²) in [7, 11) is 1.84. The van der Waals surface area contributed by atoms with Gasteiger partial charge in [0.2, 0.25) is 0 Å². The molecule has 2 aliphatic rings. The number of thiazole rings is 1. The molecule has 0 amide bonds. The van der Waals surface area contributed by atoms with E-state index in [2.05, 4.69) is 31.2 Å². The Kier molecular flexibility index (Phi) is 3.98. The molecule has 0 spiro atoms. The van der Waals surface area contributed by atoms with Crippen molar-refractivity contribution in [3.05, 3.63) is 35.0 Å². The summed E-state index contributed by atoms with van der Waals surface area (Å²) in [5.74, 6) is 1.50. The zero-order chi connectivity index (χ0) is 14.9. The number of likely N-dealkylation sites (tertiary alicyclic amines) is 1. The smallest absolute Gasteiger partial charge is 0.107 e. The van der Waals surface area contributed by atoms with E-state index >= 15 is 0 Å². The highest BCUT2D eigenvalue weighted by Gasteiger charge is 2.43. The Hall–Kier alpha value is -1.24. The van der Waals surface area contributed by atoms with Crippen molar-refractivity contribution in [3.8, 4) is 0 Å². The molecule has 0 bridgehead atoms. The summed E-state index contributed by atoms with van der Waals surface area (Å²) in [6.07, 6.45) is 8.42. The van der Waals surface area contributed by atoms with Gasteiger partial charge in [0, 0.05) is 44.2 Å². The van der Waals surface area contributed by atoms with Crippen LogP contribution in [0.3, 0.4) is 0 Å². The van der Waals surface area contributed by atoms with Crippen LogP contribution in [0.25, 0.3) is 0 Å². The van der Waals surface area contributed by atoms with Crippen molar-refractivity contribution in [1.29, 1.82) is 0 Å². The zero-order valence-corrected chi connectivity index (χ0v) is 13.7. The number of methoxy groups -OCH3 is 1. The third-order valence-electron chi connectivity index (χ3n) is 5.17. The van der Waals surface area contributed by atoms with Crippen LogP contribution >= 0.6 is 11.3 Å². The van der Waals surface area contributed by atoms with E-state index in [1.165, 1.54) is 24.5 Å². The van der Waals surface area contributed by atoms with Crippen molar-refractivity contribution in [1.82, 2.24) is 19.7 Å². The maximum absolute atomic E-state index is 5.79. The van der Waals surface area contributed by atoms with Crippen LogP contribution < -0.4 is 0 Å². The fourth-order valence-electron chi connectivity index (χ4n) is 4.15. The average Bonchev–Trinajstić information content (AvgIpc) is 3.27. The highest BCUT2D eigenvalue weighted by Crippen LogP contribution is 2.42. The van der Waals surface area contributed by atoms with Gasteiger partial charge in [0.05, 0.1) is 18.7 Å². The largest absolute Gasteiger partial charge is 0.379 e. The predicted molar refractivity (Wildman–Crippen MR) is 85.7 cm³/mol. The summed E-state index contributed by atoms with van der Waals surface area (Å²) in [6, 6.07) is 2.38. The van der Waals surface area contributed by atoms with Crippen LogP contribution in [0, 0.1) is 11.8 Å². The highest BCUT2D eigenvalue weighted by molar-refractivity contribution is 7.09. The lowest BCUT2D eigenvalue weighted by atomic mass is 9.77. The minimum atomic E-state index is 0.279. The first-order chi connectivity index (χ1) is 10.8. The van der Waals surface area contributed by atoms with Crippen LogP contribution in [-0.2, 0) is 11.3 Å². The van der Waals surface area contributed by atoms with Gasteiger partial charge in [0.25, 0.3) is 0 Å². The molecule has 2 aromatic rings. The number of hydrogen-bond donors (Lipinski definition) is 0. The van der Waals surface area contributed by atoms with E-state index in [4.69, 9.17) is 4.74 Å². The SMILES string of the molecule is CO[C@H]1C[C@@H]2CN(Cc3nccs3)C[C@@H]2C[C@@H]1n1cccn1. The molecule has 6 heteroatoms. The molecular weight excluding hydrogens is 296 g/mol. The first-order valence-corrected chi connectivity index (χ1v) is 8.84. The predicted octanol–water partition coefficient (Wildman–Crippen LogP) is 2.44. The van der Waals surface area contributed by atoms with Gasteiger partial charge in [0.1, 0.15) is 5.01 Å². The lowest BCUT2D eigenvalue weighted by Gasteiger charge is -2.37. The van der Waals surface area contributed by atoms with E-state index in [1.54, 1.807) is 11.3 Å². The first-order valence-electron chi connectivity index (χ1n) is 7.96. The van der Waals surface area contributed by atoms with Crippen LogP contribution in [0.5, 0.6) is 0 Å². The Balaban J connectivity index is 1.46. The maximum Gasteiger partial charge on any atom is 0.107 e. The number of ether oxygens (including phenoxy) is 1. The first kappa shape index (κ1) is 14.4. The van der Waals surface area contributed by atoms with Crippen molar-refractivity contribution < 1.29 is 4.74 Å².